The SMILES string of the molecule is CC(C)c1nn(-c2ccc(Cl)cc2)c(C(C)C)c1C(=O)NCc1ccccn1. The number of carbonyl (C=O) groups excluding carboxylic acids is 1. The second-order valence-corrected chi connectivity index (χ2v) is 7.78. The standard InChI is InChI=1S/C22H25ClN4O/c1-14(2)20-19(22(28)25-13-17-7-5-6-12-24-17)21(15(3)4)27(26-20)18-10-8-16(23)9-11-18/h5-12,14-15H,13H2,1-4H3,(H,25,28). The minimum absolute atomic E-state index is 0.113. The molecule has 1 aromatic carbocycles. The molecule has 146 valence electrons. The lowest BCUT2D eigenvalue weighted by molar-refractivity contribution is 0.0947. The first-order chi connectivity index (χ1) is 13.4. The van der Waals surface area contributed by atoms with Crippen molar-refractivity contribution >= 4 is 17.5 Å². The fraction of sp³-hybridized carbons (Fsp3) is 0.318. The number of aromatic nitrogens is 3. The van der Waals surface area contributed by atoms with E-state index in [0.29, 0.717) is 17.1 Å². The third-order valence-corrected chi connectivity index (χ3v) is 4.75. The van der Waals surface area contributed by atoms with E-state index in [1.807, 2.05) is 61.0 Å². The minimum atomic E-state index is -0.127. The van der Waals surface area contributed by atoms with Crippen molar-refractivity contribution in [3.8, 4) is 5.69 Å². The Morgan fingerprint density at radius 1 is 1.07 bits per heavy atom. The highest BCUT2D eigenvalue weighted by Crippen LogP contribution is 2.30. The van der Waals surface area contributed by atoms with Gasteiger partial charge in [0, 0.05) is 11.2 Å². The van der Waals surface area contributed by atoms with Crippen LogP contribution in [0.4, 0.5) is 0 Å². The van der Waals surface area contributed by atoms with Gasteiger partial charge in [-0.25, -0.2) is 4.68 Å². The van der Waals surface area contributed by atoms with Crippen molar-refractivity contribution in [1.29, 1.82) is 0 Å². The van der Waals surface area contributed by atoms with E-state index in [0.717, 1.165) is 22.8 Å². The third-order valence-electron chi connectivity index (χ3n) is 4.50. The van der Waals surface area contributed by atoms with Gasteiger partial charge in [-0.1, -0.05) is 45.4 Å². The number of nitrogens with one attached hydrogen (secondary N) is 1. The first kappa shape index (κ1) is 20.1. The van der Waals surface area contributed by atoms with E-state index in [1.165, 1.54) is 0 Å². The van der Waals surface area contributed by atoms with Crippen molar-refractivity contribution < 1.29 is 4.79 Å². The van der Waals surface area contributed by atoms with Gasteiger partial charge >= 0.3 is 0 Å². The molecule has 3 aromatic rings. The zero-order valence-electron chi connectivity index (χ0n) is 16.6. The van der Waals surface area contributed by atoms with Crippen LogP contribution in [0.15, 0.2) is 48.7 Å². The summed E-state index contributed by atoms with van der Waals surface area (Å²) in [6, 6.07) is 13.2. The summed E-state index contributed by atoms with van der Waals surface area (Å²) < 4.78 is 1.87. The molecule has 2 heterocycles. The number of hydrogen-bond acceptors (Lipinski definition) is 3. The van der Waals surface area contributed by atoms with Crippen LogP contribution >= 0.6 is 11.6 Å². The second kappa shape index (κ2) is 8.57. The number of hydrogen-bond donors (Lipinski definition) is 1. The quantitative estimate of drug-likeness (QED) is 0.630. The molecule has 0 saturated heterocycles. The molecule has 1 N–H and O–H groups in total. The van der Waals surface area contributed by atoms with E-state index in [2.05, 4.69) is 24.1 Å². The molecule has 28 heavy (non-hydrogen) atoms. The average Bonchev–Trinajstić information content (AvgIpc) is 3.09. The summed E-state index contributed by atoms with van der Waals surface area (Å²) in [5.74, 6) is 0.103. The molecule has 0 aliphatic carbocycles. The van der Waals surface area contributed by atoms with Gasteiger partial charge in [0.15, 0.2) is 0 Å². The monoisotopic (exact) mass is 396 g/mol. The molecule has 2 aromatic heterocycles. The summed E-state index contributed by atoms with van der Waals surface area (Å²) in [4.78, 5) is 17.4. The van der Waals surface area contributed by atoms with Gasteiger partial charge in [-0.05, 0) is 48.2 Å². The molecule has 1 amide bonds. The smallest absolute Gasteiger partial charge is 0.255 e. The van der Waals surface area contributed by atoms with Crippen LogP contribution in [0.3, 0.4) is 0 Å². The summed E-state index contributed by atoms with van der Waals surface area (Å²) in [5.41, 5.74) is 4.04. The van der Waals surface area contributed by atoms with Gasteiger partial charge in [-0.3, -0.25) is 9.78 Å². The van der Waals surface area contributed by atoms with Crippen molar-refractivity contribution in [1.82, 2.24) is 20.1 Å². The number of pyridine rings is 1. The van der Waals surface area contributed by atoms with E-state index >= 15 is 0 Å². The van der Waals surface area contributed by atoms with Crippen molar-refractivity contribution in [2.45, 2.75) is 46.1 Å². The van der Waals surface area contributed by atoms with E-state index in [1.54, 1.807) is 6.20 Å². The zero-order chi connectivity index (χ0) is 20.3. The zero-order valence-corrected chi connectivity index (χ0v) is 17.4. The predicted octanol–water partition coefficient (Wildman–Crippen LogP) is 5.10. The predicted molar refractivity (Wildman–Crippen MR) is 112 cm³/mol. The maximum absolute atomic E-state index is 13.2. The molecule has 0 fully saturated rings. The van der Waals surface area contributed by atoms with Gasteiger partial charge in [0.25, 0.3) is 5.91 Å². The topological polar surface area (TPSA) is 59.8 Å². The largest absolute Gasteiger partial charge is 0.346 e. The Kier molecular flexibility index (Phi) is 6.15. The molecular weight excluding hydrogens is 372 g/mol. The van der Waals surface area contributed by atoms with Gasteiger partial charge in [-0.15, -0.1) is 0 Å². The van der Waals surface area contributed by atoms with Crippen LogP contribution < -0.4 is 5.32 Å². The van der Waals surface area contributed by atoms with Gasteiger partial charge < -0.3 is 5.32 Å². The lowest BCUT2D eigenvalue weighted by atomic mass is 9.98. The Hall–Kier alpha value is -2.66. The van der Waals surface area contributed by atoms with Crippen molar-refractivity contribution in [2.24, 2.45) is 0 Å². The normalized spacial score (nSPS) is 11.2. The molecule has 5 nitrogen and oxygen atoms in total. The van der Waals surface area contributed by atoms with Gasteiger partial charge in [-0.2, -0.15) is 5.10 Å². The van der Waals surface area contributed by atoms with E-state index in [9.17, 15) is 4.79 Å². The van der Waals surface area contributed by atoms with E-state index in [-0.39, 0.29) is 17.7 Å². The maximum Gasteiger partial charge on any atom is 0.255 e. The molecular formula is C22H25ClN4O. The van der Waals surface area contributed by atoms with Crippen LogP contribution in [0.2, 0.25) is 5.02 Å². The van der Waals surface area contributed by atoms with Crippen molar-refractivity contribution in [3.05, 3.63) is 76.3 Å². The Labute approximate surface area is 170 Å². The van der Waals surface area contributed by atoms with Gasteiger partial charge in [0.2, 0.25) is 0 Å². The minimum Gasteiger partial charge on any atom is -0.346 e. The molecule has 0 unspecified atom stereocenters. The summed E-state index contributed by atoms with van der Waals surface area (Å²) in [6.07, 6.45) is 1.72. The number of amides is 1. The maximum atomic E-state index is 13.2. The lowest BCUT2D eigenvalue weighted by Gasteiger charge is -2.13. The number of nitrogens with zero attached hydrogens (tertiary/aromatic N) is 3. The van der Waals surface area contributed by atoms with Gasteiger partial charge in [0.1, 0.15) is 0 Å². The fourth-order valence-electron chi connectivity index (χ4n) is 3.16. The third kappa shape index (κ3) is 4.25. The van der Waals surface area contributed by atoms with E-state index in [4.69, 9.17) is 16.7 Å². The molecule has 0 radical (unpaired) electrons. The molecule has 0 spiro atoms. The number of benzene rings is 1. The summed E-state index contributed by atoms with van der Waals surface area (Å²) in [5, 5.41) is 8.47. The molecule has 0 atom stereocenters. The molecule has 0 aliphatic rings. The highest BCUT2D eigenvalue weighted by molar-refractivity contribution is 6.30. The number of carbonyl (C=O) groups is 1. The summed E-state index contributed by atoms with van der Waals surface area (Å²) >= 11 is 6.04. The van der Waals surface area contributed by atoms with Crippen LogP contribution in [0.5, 0.6) is 0 Å². The van der Waals surface area contributed by atoms with Crippen LogP contribution in [0.25, 0.3) is 5.69 Å². The summed E-state index contributed by atoms with van der Waals surface area (Å²) in [6.45, 7) is 8.62. The first-order valence-electron chi connectivity index (χ1n) is 9.45. The van der Waals surface area contributed by atoms with Crippen LogP contribution in [-0.2, 0) is 6.54 Å². The Bertz CT molecular complexity index is 947. The first-order valence-corrected chi connectivity index (χ1v) is 9.83. The molecule has 6 heteroatoms. The molecule has 0 bridgehead atoms. The fourth-order valence-corrected chi connectivity index (χ4v) is 3.29. The van der Waals surface area contributed by atoms with Crippen LogP contribution in [-0.4, -0.2) is 20.7 Å². The van der Waals surface area contributed by atoms with Crippen LogP contribution in [0.1, 0.15) is 67.0 Å². The Balaban J connectivity index is 2.02. The molecule has 3 rings (SSSR count). The van der Waals surface area contributed by atoms with Gasteiger partial charge in [0.05, 0.1) is 34.9 Å². The van der Waals surface area contributed by atoms with Crippen LogP contribution in [0, 0.1) is 0 Å². The highest BCUT2D eigenvalue weighted by Gasteiger charge is 2.27. The highest BCUT2D eigenvalue weighted by atomic mass is 35.5. The Morgan fingerprint density at radius 3 is 2.36 bits per heavy atom. The number of halogens is 1. The van der Waals surface area contributed by atoms with Crippen molar-refractivity contribution in [2.75, 3.05) is 0 Å². The lowest BCUT2D eigenvalue weighted by Crippen LogP contribution is -2.25. The molecule has 0 aliphatic heterocycles. The second-order valence-electron chi connectivity index (χ2n) is 7.35. The molecule has 0 saturated carbocycles. The van der Waals surface area contributed by atoms with E-state index < -0.39 is 0 Å². The number of rotatable bonds is 6. The average molecular weight is 397 g/mol. The van der Waals surface area contributed by atoms with Crippen molar-refractivity contribution in [3.63, 3.8) is 0 Å². The summed E-state index contributed by atoms with van der Waals surface area (Å²) in [7, 11) is 0. The Morgan fingerprint density at radius 2 is 1.79 bits per heavy atom.